The van der Waals surface area contributed by atoms with Gasteiger partial charge in [-0.3, -0.25) is 0 Å². The monoisotopic (exact) mass is 210 g/mol. The molecule has 1 aromatic heterocycles. The van der Waals surface area contributed by atoms with Gasteiger partial charge < -0.3 is 5.32 Å². The van der Waals surface area contributed by atoms with Crippen LogP contribution < -0.4 is 5.32 Å². The Balaban J connectivity index is 1.82. The van der Waals surface area contributed by atoms with E-state index in [1.807, 2.05) is 11.3 Å². The minimum atomic E-state index is 0.960. The van der Waals surface area contributed by atoms with Crippen LogP contribution in [0.2, 0.25) is 0 Å². The average Bonchev–Trinajstić information content (AvgIpc) is 2.91. The molecular weight excluding hydrogens is 192 g/mol. The minimum Gasteiger partial charge on any atom is -0.310 e. The molecule has 0 radical (unpaired) electrons. The Morgan fingerprint density at radius 2 is 2.29 bits per heavy atom. The SMILES string of the molecule is CCc1nc(CNCC2CC2)sc1C. The lowest BCUT2D eigenvalue weighted by molar-refractivity contribution is 0.635. The van der Waals surface area contributed by atoms with E-state index in [4.69, 9.17) is 0 Å². The summed E-state index contributed by atoms with van der Waals surface area (Å²) in [6.07, 6.45) is 3.90. The third-order valence-corrected chi connectivity index (χ3v) is 3.69. The van der Waals surface area contributed by atoms with Gasteiger partial charge >= 0.3 is 0 Å². The van der Waals surface area contributed by atoms with Gasteiger partial charge in [-0.25, -0.2) is 4.98 Å². The zero-order valence-corrected chi connectivity index (χ0v) is 9.78. The average molecular weight is 210 g/mol. The molecule has 14 heavy (non-hydrogen) atoms. The van der Waals surface area contributed by atoms with Crippen molar-refractivity contribution in [2.45, 2.75) is 39.7 Å². The number of rotatable bonds is 5. The van der Waals surface area contributed by atoms with Crippen LogP contribution in [0.25, 0.3) is 0 Å². The topological polar surface area (TPSA) is 24.9 Å². The number of thiazole rings is 1. The Hall–Kier alpha value is -0.410. The Morgan fingerprint density at radius 3 is 2.86 bits per heavy atom. The van der Waals surface area contributed by atoms with E-state index < -0.39 is 0 Å². The summed E-state index contributed by atoms with van der Waals surface area (Å²) in [5.74, 6) is 0.960. The molecular formula is C11H18N2S. The van der Waals surface area contributed by atoms with Gasteiger partial charge in [-0.2, -0.15) is 0 Å². The van der Waals surface area contributed by atoms with E-state index >= 15 is 0 Å². The van der Waals surface area contributed by atoms with Crippen LogP contribution in [0.3, 0.4) is 0 Å². The second kappa shape index (κ2) is 4.41. The molecule has 1 N–H and O–H groups in total. The molecule has 1 saturated carbocycles. The first kappa shape index (κ1) is 10.1. The lowest BCUT2D eigenvalue weighted by Crippen LogP contribution is -2.15. The molecule has 0 amide bonds. The van der Waals surface area contributed by atoms with Crippen molar-refractivity contribution in [1.82, 2.24) is 10.3 Å². The van der Waals surface area contributed by atoms with E-state index in [2.05, 4.69) is 24.1 Å². The first-order chi connectivity index (χ1) is 6.79. The zero-order chi connectivity index (χ0) is 9.97. The molecule has 2 nitrogen and oxygen atoms in total. The first-order valence-electron chi connectivity index (χ1n) is 5.45. The minimum absolute atomic E-state index is 0.960. The molecule has 1 aliphatic rings. The fraction of sp³-hybridized carbons (Fsp3) is 0.727. The predicted octanol–water partition coefficient (Wildman–Crippen LogP) is 2.51. The molecule has 0 unspecified atom stereocenters. The number of hydrogen-bond acceptors (Lipinski definition) is 3. The predicted molar refractivity (Wildman–Crippen MR) is 60.7 cm³/mol. The highest BCUT2D eigenvalue weighted by molar-refractivity contribution is 7.11. The zero-order valence-electron chi connectivity index (χ0n) is 8.97. The maximum Gasteiger partial charge on any atom is 0.107 e. The van der Waals surface area contributed by atoms with Crippen molar-refractivity contribution in [3.8, 4) is 0 Å². The normalized spacial score (nSPS) is 16.1. The van der Waals surface area contributed by atoms with Gasteiger partial charge in [-0.05, 0) is 38.6 Å². The number of nitrogens with zero attached hydrogens (tertiary/aromatic N) is 1. The molecule has 0 aliphatic heterocycles. The van der Waals surface area contributed by atoms with Crippen LogP contribution in [0.15, 0.2) is 0 Å². The summed E-state index contributed by atoms with van der Waals surface area (Å²) >= 11 is 1.84. The van der Waals surface area contributed by atoms with Crippen LogP contribution in [0.4, 0.5) is 0 Å². The summed E-state index contributed by atoms with van der Waals surface area (Å²) in [5.41, 5.74) is 1.28. The van der Waals surface area contributed by atoms with E-state index in [1.54, 1.807) is 0 Å². The standard InChI is InChI=1S/C11H18N2S/c1-3-10-8(2)14-11(13-10)7-12-6-9-4-5-9/h9,12H,3-7H2,1-2H3. The molecule has 0 spiro atoms. The number of aromatic nitrogens is 1. The summed E-state index contributed by atoms with van der Waals surface area (Å²) in [5, 5.41) is 4.73. The van der Waals surface area contributed by atoms with Crippen LogP contribution in [-0.4, -0.2) is 11.5 Å². The Bertz CT molecular complexity index is 302. The molecule has 0 aromatic carbocycles. The molecule has 1 heterocycles. The highest BCUT2D eigenvalue weighted by Crippen LogP contribution is 2.27. The fourth-order valence-electron chi connectivity index (χ4n) is 1.60. The summed E-state index contributed by atoms with van der Waals surface area (Å²) in [7, 11) is 0. The number of aryl methyl sites for hydroxylation is 2. The van der Waals surface area contributed by atoms with E-state index in [9.17, 15) is 0 Å². The van der Waals surface area contributed by atoms with Crippen LogP contribution in [0, 0.1) is 12.8 Å². The number of hydrogen-bond donors (Lipinski definition) is 1. The third-order valence-electron chi connectivity index (χ3n) is 2.68. The van der Waals surface area contributed by atoms with Gasteiger partial charge in [-0.1, -0.05) is 6.92 Å². The van der Waals surface area contributed by atoms with Crippen molar-refractivity contribution in [2.24, 2.45) is 5.92 Å². The maximum atomic E-state index is 4.60. The lowest BCUT2D eigenvalue weighted by Gasteiger charge is -1.98. The second-order valence-corrected chi connectivity index (χ2v) is 5.33. The van der Waals surface area contributed by atoms with E-state index in [1.165, 1.54) is 35.0 Å². The first-order valence-corrected chi connectivity index (χ1v) is 6.27. The fourth-order valence-corrected chi connectivity index (χ4v) is 2.59. The summed E-state index contributed by atoms with van der Waals surface area (Å²) in [6, 6.07) is 0. The van der Waals surface area contributed by atoms with E-state index in [0.29, 0.717) is 0 Å². The van der Waals surface area contributed by atoms with Gasteiger partial charge in [0.2, 0.25) is 0 Å². The van der Waals surface area contributed by atoms with Crippen LogP contribution in [-0.2, 0) is 13.0 Å². The largest absolute Gasteiger partial charge is 0.310 e. The van der Waals surface area contributed by atoms with Gasteiger partial charge in [-0.15, -0.1) is 11.3 Å². The molecule has 1 aliphatic carbocycles. The van der Waals surface area contributed by atoms with E-state index in [0.717, 1.165) is 18.9 Å². The van der Waals surface area contributed by atoms with Crippen molar-refractivity contribution in [1.29, 1.82) is 0 Å². The van der Waals surface area contributed by atoms with Crippen molar-refractivity contribution in [3.05, 3.63) is 15.6 Å². The maximum absolute atomic E-state index is 4.60. The van der Waals surface area contributed by atoms with Crippen molar-refractivity contribution in [2.75, 3.05) is 6.54 Å². The molecule has 3 heteroatoms. The summed E-state index contributed by atoms with van der Waals surface area (Å²) < 4.78 is 0. The summed E-state index contributed by atoms with van der Waals surface area (Å²) in [4.78, 5) is 5.99. The van der Waals surface area contributed by atoms with Gasteiger partial charge in [0.25, 0.3) is 0 Å². The number of nitrogens with one attached hydrogen (secondary N) is 1. The van der Waals surface area contributed by atoms with Crippen molar-refractivity contribution < 1.29 is 0 Å². The van der Waals surface area contributed by atoms with Crippen LogP contribution >= 0.6 is 11.3 Å². The molecule has 2 rings (SSSR count). The smallest absolute Gasteiger partial charge is 0.107 e. The third kappa shape index (κ3) is 2.55. The van der Waals surface area contributed by atoms with Gasteiger partial charge in [0.15, 0.2) is 0 Å². The van der Waals surface area contributed by atoms with Crippen LogP contribution in [0.5, 0.6) is 0 Å². The molecule has 1 fully saturated rings. The van der Waals surface area contributed by atoms with Crippen LogP contribution in [0.1, 0.15) is 35.3 Å². The molecule has 1 aromatic rings. The van der Waals surface area contributed by atoms with Gasteiger partial charge in [0.1, 0.15) is 5.01 Å². The Labute approximate surface area is 89.8 Å². The molecule has 78 valence electrons. The van der Waals surface area contributed by atoms with Gasteiger partial charge in [0, 0.05) is 11.4 Å². The Morgan fingerprint density at radius 1 is 1.50 bits per heavy atom. The summed E-state index contributed by atoms with van der Waals surface area (Å²) in [6.45, 7) is 6.48. The van der Waals surface area contributed by atoms with E-state index in [-0.39, 0.29) is 0 Å². The lowest BCUT2D eigenvalue weighted by atomic mass is 10.3. The second-order valence-electron chi connectivity index (χ2n) is 4.04. The molecule has 0 bridgehead atoms. The van der Waals surface area contributed by atoms with Crippen molar-refractivity contribution >= 4 is 11.3 Å². The van der Waals surface area contributed by atoms with Crippen molar-refractivity contribution in [3.63, 3.8) is 0 Å². The molecule has 0 saturated heterocycles. The van der Waals surface area contributed by atoms with Gasteiger partial charge in [0.05, 0.1) is 5.69 Å². The molecule has 0 atom stereocenters. The Kier molecular flexibility index (Phi) is 3.19. The quantitative estimate of drug-likeness (QED) is 0.807. The highest BCUT2D eigenvalue weighted by Gasteiger charge is 2.20. The highest BCUT2D eigenvalue weighted by atomic mass is 32.1.